The van der Waals surface area contributed by atoms with Gasteiger partial charge in [-0.05, 0) is 55.4 Å². The second kappa shape index (κ2) is 4.70. The normalized spacial score (nSPS) is 50.5. The Morgan fingerprint density at radius 1 is 1.14 bits per heavy atom. The molecule has 3 rings (SSSR count). The number of hydrogen-bond acceptors (Lipinski definition) is 2. The first-order valence-electron chi connectivity index (χ1n) is 8.85. The molecular weight excluding hydrogens is 272 g/mol. The van der Waals surface area contributed by atoms with Crippen molar-refractivity contribution in [3.63, 3.8) is 0 Å². The molecule has 22 heavy (non-hydrogen) atoms. The Morgan fingerprint density at radius 2 is 1.82 bits per heavy atom. The summed E-state index contributed by atoms with van der Waals surface area (Å²) in [7, 11) is 0. The number of fused-ring (bicyclic) bond motifs is 3. The molecule has 2 nitrogen and oxygen atoms in total. The number of rotatable bonds is 1. The zero-order valence-electron chi connectivity index (χ0n) is 14.7. The van der Waals surface area contributed by atoms with E-state index in [0.29, 0.717) is 5.92 Å². The lowest BCUT2D eigenvalue weighted by Gasteiger charge is -2.64. The first kappa shape index (κ1) is 16.3. The van der Waals surface area contributed by atoms with E-state index in [1.165, 1.54) is 5.57 Å². The Kier molecular flexibility index (Phi) is 3.48. The van der Waals surface area contributed by atoms with Gasteiger partial charge >= 0.3 is 0 Å². The Bertz CT molecular complexity index is 520. The summed E-state index contributed by atoms with van der Waals surface area (Å²) >= 11 is 0. The maximum Gasteiger partial charge on any atom is 0.0913 e. The zero-order valence-corrected chi connectivity index (χ0v) is 14.7. The summed E-state index contributed by atoms with van der Waals surface area (Å²) in [6.45, 7) is 12.9. The summed E-state index contributed by atoms with van der Waals surface area (Å²) in [5, 5.41) is 22.2. The van der Waals surface area contributed by atoms with E-state index in [9.17, 15) is 10.2 Å². The summed E-state index contributed by atoms with van der Waals surface area (Å²) in [5.41, 5.74) is 0.312. The summed E-state index contributed by atoms with van der Waals surface area (Å²) in [6, 6.07) is 0. The second-order valence-corrected chi connectivity index (χ2v) is 9.12. The van der Waals surface area contributed by atoms with E-state index >= 15 is 0 Å². The van der Waals surface area contributed by atoms with Gasteiger partial charge in [-0.2, -0.15) is 0 Å². The fourth-order valence-corrected chi connectivity index (χ4v) is 5.81. The van der Waals surface area contributed by atoms with Crippen LogP contribution in [0.3, 0.4) is 0 Å². The minimum absolute atomic E-state index is 0.0223. The van der Waals surface area contributed by atoms with Crippen LogP contribution in [-0.4, -0.2) is 21.9 Å². The van der Waals surface area contributed by atoms with E-state index < -0.39 is 5.60 Å². The molecule has 0 bridgehead atoms. The predicted molar refractivity (Wildman–Crippen MR) is 90.4 cm³/mol. The van der Waals surface area contributed by atoms with Crippen LogP contribution < -0.4 is 0 Å². The van der Waals surface area contributed by atoms with E-state index in [1.807, 2.05) is 6.08 Å². The fourth-order valence-electron chi connectivity index (χ4n) is 5.81. The van der Waals surface area contributed by atoms with Gasteiger partial charge in [0.2, 0.25) is 0 Å². The van der Waals surface area contributed by atoms with Crippen LogP contribution in [0.2, 0.25) is 0 Å². The monoisotopic (exact) mass is 304 g/mol. The van der Waals surface area contributed by atoms with Crippen LogP contribution >= 0.6 is 0 Å². The van der Waals surface area contributed by atoms with Gasteiger partial charge in [0.15, 0.2) is 0 Å². The van der Waals surface area contributed by atoms with Crippen molar-refractivity contribution in [1.82, 2.24) is 0 Å². The molecule has 0 heterocycles. The minimum atomic E-state index is -0.699. The van der Waals surface area contributed by atoms with Crippen molar-refractivity contribution in [3.8, 4) is 0 Å². The lowest BCUT2D eigenvalue weighted by Crippen LogP contribution is -2.63. The van der Waals surface area contributed by atoms with Crippen molar-refractivity contribution < 1.29 is 10.2 Å². The number of aliphatic hydroxyl groups excluding tert-OH is 1. The minimum Gasteiger partial charge on any atom is -0.393 e. The average Bonchev–Trinajstić information content (AvgIpc) is 2.46. The van der Waals surface area contributed by atoms with Gasteiger partial charge in [-0.15, -0.1) is 6.58 Å². The fraction of sp³-hybridized carbons (Fsp3) is 0.800. The highest BCUT2D eigenvalue weighted by molar-refractivity contribution is 5.34. The lowest BCUT2D eigenvalue weighted by molar-refractivity contribution is -0.192. The highest BCUT2D eigenvalue weighted by Crippen LogP contribution is 2.65. The van der Waals surface area contributed by atoms with Crippen molar-refractivity contribution in [3.05, 3.63) is 24.3 Å². The SMILES string of the molecule is C=CC1(C)C=C2CCC3C(C)(C)C(O)CCC3(C)C2(O)CC1. The number of allylic oxidation sites excluding steroid dienone is 2. The maximum atomic E-state index is 11.7. The molecule has 0 amide bonds. The van der Waals surface area contributed by atoms with E-state index in [4.69, 9.17) is 0 Å². The standard InChI is InChI=1S/C20H32O2/c1-6-18(4)11-12-20(22)14(13-18)7-8-15-17(2,3)16(21)9-10-19(15,20)5/h6,13,15-16,21-22H,1,7-12H2,2-5H3. The van der Waals surface area contributed by atoms with Gasteiger partial charge in [0.1, 0.15) is 0 Å². The van der Waals surface area contributed by atoms with Crippen LogP contribution in [0.4, 0.5) is 0 Å². The lowest BCUT2D eigenvalue weighted by atomic mass is 9.43. The van der Waals surface area contributed by atoms with Crippen LogP contribution in [0.25, 0.3) is 0 Å². The molecule has 124 valence electrons. The van der Waals surface area contributed by atoms with Gasteiger partial charge < -0.3 is 10.2 Å². The third kappa shape index (κ3) is 1.93. The van der Waals surface area contributed by atoms with Crippen molar-refractivity contribution in [2.24, 2.45) is 22.2 Å². The van der Waals surface area contributed by atoms with Crippen LogP contribution in [0.15, 0.2) is 24.3 Å². The van der Waals surface area contributed by atoms with Crippen molar-refractivity contribution in [1.29, 1.82) is 0 Å². The van der Waals surface area contributed by atoms with Crippen molar-refractivity contribution in [2.45, 2.75) is 77.9 Å². The first-order chi connectivity index (χ1) is 10.1. The van der Waals surface area contributed by atoms with Gasteiger partial charge in [-0.1, -0.05) is 39.8 Å². The second-order valence-electron chi connectivity index (χ2n) is 9.12. The molecule has 5 unspecified atom stereocenters. The number of hydrogen-bond donors (Lipinski definition) is 2. The van der Waals surface area contributed by atoms with Crippen LogP contribution in [0.5, 0.6) is 0 Å². The molecule has 0 aliphatic heterocycles. The van der Waals surface area contributed by atoms with Gasteiger partial charge in [0, 0.05) is 10.8 Å². The van der Waals surface area contributed by atoms with Gasteiger partial charge in [-0.25, -0.2) is 0 Å². The molecule has 0 aromatic rings. The van der Waals surface area contributed by atoms with Gasteiger partial charge in [0.25, 0.3) is 0 Å². The van der Waals surface area contributed by atoms with Crippen LogP contribution in [0, 0.1) is 22.2 Å². The molecule has 0 saturated heterocycles. The zero-order chi connectivity index (χ0) is 16.4. The van der Waals surface area contributed by atoms with Gasteiger partial charge in [-0.3, -0.25) is 0 Å². The Labute approximate surface area is 135 Å². The summed E-state index contributed by atoms with van der Waals surface area (Å²) in [4.78, 5) is 0. The van der Waals surface area contributed by atoms with E-state index in [0.717, 1.165) is 38.5 Å². The average molecular weight is 304 g/mol. The molecule has 0 aromatic carbocycles. The summed E-state index contributed by atoms with van der Waals surface area (Å²) < 4.78 is 0. The summed E-state index contributed by atoms with van der Waals surface area (Å²) in [6.07, 6.45) is 9.60. The maximum absolute atomic E-state index is 11.7. The molecule has 2 saturated carbocycles. The number of aliphatic hydroxyl groups is 2. The van der Waals surface area contributed by atoms with Gasteiger partial charge in [0.05, 0.1) is 11.7 Å². The van der Waals surface area contributed by atoms with E-state index in [-0.39, 0.29) is 22.3 Å². The van der Waals surface area contributed by atoms with Crippen LogP contribution in [-0.2, 0) is 0 Å². The topological polar surface area (TPSA) is 40.5 Å². The molecule has 0 aromatic heterocycles. The molecule has 3 aliphatic carbocycles. The van der Waals surface area contributed by atoms with Crippen LogP contribution in [0.1, 0.15) is 66.2 Å². The van der Waals surface area contributed by atoms with E-state index in [1.54, 1.807) is 0 Å². The molecule has 3 aliphatic rings. The molecular formula is C20H32O2. The molecule has 2 heteroatoms. The first-order valence-corrected chi connectivity index (χ1v) is 8.85. The van der Waals surface area contributed by atoms with Crippen molar-refractivity contribution >= 4 is 0 Å². The van der Waals surface area contributed by atoms with Crippen molar-refractivity contribution in [2.75, 3.05) is 0 Å². The smallest absolute Gasteiger partial charge is 0.0913 e. The quantitative estimate of drug-likeness (QED) is 0.712. The summed E-state index contributed by atoms with van der Waals surface area (Å²) in [5.74, 6) is 0.374. The Hall–Kier alpha value is -0.600. The predicted octanol–water partition coefficient (Wildman–Crippen LogP) is 4.23. The molecule has 0 radical (unpaired) electrons. The van der Waals surface area contributed by atoms with E-state index in [2.05, 4.69) is 40.3 Å². The third-order valence-corrected chi connectivity index (χ3v) is 7.64. The highest BCUT2D eigenvalue weighted by Gasteiger charge is 2.63. The third-order valence-electron chi connectivity index (χ3n) is 7.64. The Balaban J connectivity index is 2.06. The Morgan fingerprint density at radius 3 is 2.45 bits per heavy atom. The molecule has 2 fully saturated rings. The molecule has 0 spiro atoms. The molecule has 2 N–H and O–H groups in total. The molecule has 5 atom stereocenters. The highest BCUT2D eigenvalue weighted by atomic mass is 16.3. The largest absolute Gasteiger partial charge is 0.393 e.